The highest BCUT2D eigenvalue weighted by molar-refractivity contribution is 8.00. The zero-order valence-electron chi connectivity index (χ0n) is 12.3. The molecule has 0 aliphatic carbocycles. The number of non-ortho nitro benzene ring substituents is 1. The van der Waals surface area contributed by atoms with Gasteiger partial charge >= 0.3 is 0 Å². The number of thiophene rings is 1. The van der Waals surface area contributed by atoms with Gasteiger partial charge in [0.25, 0.3) is 5.69 Å². The Morgan fingerprint density at radius 2 is 2.00 bits per heavy atom. The van der Waals surface area contributed by atoms with Crippen molar-refractivity contribution in [2.75, 3.05) is 12.8 Å². The number of thioether (sulfide) groups is 1. The topological polar surface area (TPSA) is 63.5 Å². The summed E-state index contributed by atoms with van der Waals surface area (Å²) in [4.78, 5) is 26.0. The molecule has 2 rings (SSSR count). The van der Waals surface area contributed by atoms with Gasteiger partial charge in [-0.1, -0.05) is 0 Å². The number of rotatable bonds is 6. The average molecular weight is 336 g/mol. The summed E-state index contributed by atoms with van der Waals surface area (Å²) in [6, 6.07) is 8.28. The lowest BCUT2D eigenvalue weighted by Crippen LogP contribution is -2.27. The van der Waals surface area contributed by atoms with Crippen molar-refractivity contribution in [3.63, 3.8) is 0 Å². The molecule has 7 heteroatoms. The number of amides is 1. The maximum atomic E-state index is 12.1. The van der Waals surface area contributed by atoms with Crippen LogP contribution in [-0.2, 0) is 11.3 Å². The molecule has 0 fully saturated rings. The van der Waals surface area contributed by atoms with Crippen molar-refractivity contribution in [2.24, 2.45) is 0 Å². The second-order valence-corrected chi connectivity index (χ2v) is 6.87. The van der Waals surface area contributed by atoms with E-state index < -0.39 is 4.92 Å². The molecule has 2 aromatic rings. The number of aryl methyl sites for hydroxylation is 1. The fraction of sp³-hybridized carbons (Fsp3) is 0.267. The molecular weight excluding hydrogens is 320 g/mol. The highest BCUT2D eigenvalue weighted by atomic mass is 32.2. The molecule has 22 heavy (non-hydrogen) atoms. The minimum absolute atomic E-state index is 0.0381. The smallest absolute Gasteiger partial charge is 0.269 e. The number of carbonyl (C=O) groups excluding carboxylic acids is 1. The van der Waals surface area contributed by atoms with Crippen molar-refractivity contribution in [1.29, 1.82) is 0 Å². The highest BCUT2D eigenvalue weighted by Crippen LogP contribution is 2.22. The summed E-state index contributed by atoms with van der Waals surface area (Å²) in [5.41, 5.74) is 1.26. The molecule has 116 valence electrons. The molecule has 1 heterocycles. The van der Waals surface area contributed by atoms with E-state index >= 15 is 0 Å². The summed E-state index contributed by atoms with van der Waals surface area (Å²) in [6.45, 7) is 2.65. The normalized spacial score (nSPS) is 10.5. The van der Waals surface area contributed by atoms with Gasteiger partial charge in [0.2, 0.25) is 5.91 Å². The predicted molar refractivity (Wildman–Crippen MR) is 89.4 cm³/mol. The first kappa shape index (κ1) is 16.5. The Morgan fingerprint density at radius 1 is 1.32 bits per heavy atom. The van der Waals surface area contributed by atoms with Crippen LogP contribution in [0.15, 0.2) is 40.6 Å². The molecule has 0 aliphatic rings. The minimum Gasteiger partial charge on any atom is -0.340 e. The van der Waals surface area contributed by atoms with Crippen LogP contribution >= 0.6 is 23.1 Å². The first-order valence-corrected chi connectivity index (χ1v) is 8.48. The second kappa shape index (κ2) is 7.42. The van der Waals surface area contributed by atoms with E-state index in [0.717, 1.165) is 4.90 Å². The van der Waals surface area contributed by atoms with Crippen LogP contribution in [0.5, 0.6) is 0 Å². The molecule has 0 atom stereocenters. The van der Waals surface area contributed by atoms with Gasteiger partial charge in [0.05, 0.1) is 17.2 Å². The van der Waals surface area contributed by atoms with E-state index in [1.165, 1.54) is 34.3 Å². The molecule has 0 unspecified atom stereocenters. The third kappa shape index (κ3) is 4.32. The van der Waals surface area contributed by atoms with Crippen molar-refractivity contribution in [1.82, 2.24) is 4.90 Å². The summed E-state index contributed by atoms with van der Waals surface area (Å²) in [5, 5.41) is 12.6. The maximum absolute atomic E-state index is 12.1. The molecule has 1 aromatic heterocycles. The van der Waals surface area contributed by atoms with Gasteiger partial charge in [0.15, 0.2) is 0 Å². The monoisotopic (exact) mass is 336 g/mol. The lowest BCUT2D eigenvalue weighted by Gasteiger charge is -2.16. The van der Waals surface area contributed by atoms with Crippen molar-refractivity contribution in [3.05, 3.63) is 56.3 Å². The number of carbonyl (C=O) groups is 1. The van der Waals surface area contributed by atoms with E-state index in [-0.39, 0.29) is 11.6 Å². The van der Waals surface area contributed by atoms with Crippen LogP contribution in [0.1, 0.15) is 10.4 Å². The first-order valence-electron chi connectivity index (χ1n) is 6.61. The van der Waals surface area contributed by atoms with Crippen LogP contribution in [0.4, 0.5) is 5.69 Å². The van der Waals surface area contributed by atoms with Crippen LogP contribution in [0, 0.1) is 17.0 Å². The van der Waals surface area contributed by atoms with Crippen LogP contribution in [0.25, 0.3) is 0 Å². The molecule has 0 N–H and O–H groups in total. The summed E-state index contributed by atoms with van der Waals surface area (Å²) in [7, 11) is 1.79. The molecule has 0 aliphatic heterocycles. The Balaban J connectivity index is 1.86. The van der Waals surface area contributed by atoms with E-state index in [1.807, 2.05) is 18.4 Å². The van der Waals surface area contributed by atoms with Crippen LogP contribution in [-0.4, -0.2) is 28.5 Å². The van der Waals surface area contributed by atoms with Gasteiger partial charge in [-0.15, -0.1) is 23.1 Å². The van der Waals surface area contributed by atoms with Gasteiger partial charge < -0.3 is 4.90 Å². The van der Waals surface area contributed by atoms with Gasteiger partial charge in [0.1, 0.15) is 0 Å². The molecule has 0 radical (unpaired) electrons. The lowest BCUT2D eigenvalue weighted by molar-refractivity contribution is -0.384. The summed E-state index contributed by atoms with van der Waals surface area (Å²) in [6.07, 6.45) is 0. The van der Waals surface area contributed by atoms with Crippen molar-refractivity contribution in [2.45, 2.75) is 18.4 Å². The zero-order chi connectivity index (χ0) is 16.1. The van der Waals surface area contributed by atoms with Crippen molar-refractivity contribution < 1.29 is 9.72 Å². The highest BCUT2D eigenvalue weighted by Gasteiger charge is 2.12. The van der Waals surface area contributed by atoms with E-state index in [9.17, 15) is 14.9 Å². The second-order valence-electron chi connectivity index (χ2n) is 4.82. The average Bonchev–Trinajstić information content (AvgIpc) is 2.90. The van der Waals surface area contributed by atoms with E-state index in [1.54, 1.807) is 35.4 Å². The van der Waals surface area contributed by atoms with Gasteiger partial charge in [-0.3, -0.25) is 14.9 Å². The van der Waals surface area contributed by atoms with Crippen LogP contribution < -0.4 is 0 Å². The van der Waals surface area contributed by atoms with Gasteiger partial charge in [-0.25, -0.2) is 0 Å². The number of nitrogens with zero attached hydrogens (tertiary/aromatic N) is 2. The zero-order valence-corrected chi connectivity index (χ0v) is 13.9. The van der Waals surface area contributed by atoms with Crippen molar-refractivity contribution in [3.8, 4) is 0 Å². The van der Waals surface area contributed by atoms with E-state index in [2.05, 4.69) is 0 Å². The fourth-order valence-electron chi connectivity index (χ4n) is 1.79. The minimum atomic E-state index is -0.434. The molecule has 5 nitrogen and oxygen atoms in total. The molecule has 0 spiro atoms. The number of hydrogen-bond acceptors (Lipinski definition) is 5. The molecule has 0 saturated carbocycles. The third-order valence-corrected chi connectivity index (χ3v) is 5.19. The van der Waals surface area contributed by atoms with Crippen LogP contribution in [0.2, 0.25) is 0 Å². The number of hydrogen-bond donors (Lipinski definition) is 0. The Labute approximate surface area is 137 Å². The predicted octanol–water partition coefficient (Wildman–Crippen LogP) is 3.72. The van der Waals surface area contributed by atoms with Gasteiger partial charge in [0, 0.05) is 29.0 Å². The Kier molecular flexibility index (Phi) is 5.57. The standard InChI is InChI=1S/C15H16N2O3S2/c1-11-7-8-21-14(11)9-16(2)15(18)10-22-13-5-3-12(4-6-13)17(19)20/h3-8H,9-10H2,1-2H3. The van der Waals surface area contributed by atoms with Gasteiger partial charge in [-0.05, 0) is 36.1 Å². The molecule has 0 bridgehead atoms. The number of nitro benzene ring substituents is 1. The molecule has 0 saturated heterocycles. The number of benzene rings is 1. The fourth-order valence-corrected chi connectivity index (χ4v) is 3.59. The Morgan fingerprint density at radius 3 is 2.55 bits per heavy atom. The van der Waals surface area contributed by atoms with Crippen molar-refractivity contribution >= 4 is 34.7 Å². The lowest BCUT2D eigenvalue weighted by atomic mass is 10.3. The number of nitro groups is 1. The SMILES string of the molecule is Cc1ccsc1CN(C)C(=O)CSc1ccc([N+](=O)[O-])cc1. The third-order valence-electron chi connectivity index (χ3n) is 3.18. The molecular formula is C15H16N2O3S2. The molecule has 1 aromatic carbocycles. The van der Waals surface area contributed by atoms with Gasteiger partial charge in [-0.2, -0.15) is 0 Å². The first-order chi connectivity index (χ1) is 10.5. The summed E-state index contributed by atoms with van der Waals surface area (Å²) >= 11 is 3.03. The largest absolute Gasteiger partial charge is 0.340 e. The quantitative estimate of drug-likeness (QED) is 0.458. The molecule has 1 amide bonds. The summed E-state index contributed by atoms with van der Waals surface area (Å²) < 4.78 is 0. The van der Waals surface area contributed by atoms with Crippen LogP contribution in [0.3, 0.4) is 0 Å². The van der Waals surface area contributed by atoms with E-state index in [4.69, 9.17) is 0 Å². The Hall–Kier alpha value is -1.86. The van der Waals surface area contributed by atoms with E-state index in [0.29, 0.717) is 12.3 Å². The maximum Gasteiger partial charge on any atom is 0.269 e. The summed E-state index contributed by atoms with van der Waals surface area (Å²) in [5.74, 6) is 0.356. The Bertz CT molecular complexity index is 668.